The van der Waals surface area contributed by atoms with Gasteiger partial charge < -0.3 is 9.32 Å². The molecule has 25 heavy (non-hydrogen) atoms. The van der Waals surface area contributed by atoms with Crippen molar-refractivity contribution in [3.8, 4) is 6.07 Å². The average molecular weight is 341 g/mol. The van der Waals surface area contributed by atoms with Gasteiger partial charge in [0, 0.05) is 38.3 Å². The molecule has 0 aliphatic carbocycles. The van der Waals surface area contributed by atoms with Crippen molar-refractivity contribution in [3.05, 3.63) is 51.2 Å². The second kappa shape index (κ2) is 6.91. The van der Waals surface area contributed by atoms with E-state index in [9.17, 15) is 15.4 Å². The lowest BCUT2D eigenvalue weighted by Gasteiger charge is -2.35. The standard InChI is InChI=1S/C17H19N5O3/c1-12-13(2)25-17(19-12)11-20-5-7-21(8-6-20)16-4-3-15(22(23)24)9-14(16)10-18/h3-4,9H,5-8,11H2,1-2H3. The van der Waals surface area contributed by atoms with E-state index in [0.717, 1.165) is 49.2 Å². The van der Waals surface area contributed by atoms with Crippen LogP contribution >= 0.6 is 0 Å². The van der Waals surface area contributed by atoms with Crippen molar-refractivity contribution < 1.29 is 9.34 Å². The molecule has 1 aromatic heterocycles. The van der Waals surface area contributed by atoms with Crippen LogP contribution in [0.1, 0.15) is 22.9 Å². The Morgan fingerprint density at radius 3 is 2.60 bits per heavy atom. The van der Waals surface area contributed by atoms with Gasteiger partial charge in [-0.05, 0) is 19.9 Å². The van der Waals surface area contributed by atoms with Gasteiger partial charge in [0.15, 0.2) is 0 Å². The average Bonchev–Trinajstić information content (AvgIpc) is 2.92. The van der Waals surface area contributed by atoms with Crippen LogP contribution in [0.5, 0.6) is 0 Å². The first kappa shape index (κ1) is 16.9. The molecule has 0 radical (unpaired) electrons. The first-order valence-corrected chi connectivity index (χ1v) is 8.06. The molecule has 0 N–H and O–H groups in total. The third-order valence-corrected chi connectivity index (χ3v) is 4.46. The zero-order chi connectivity index (χ0) is 18.0. The Hall–Kier alpha value is -2.92. The minimum atomic E-state index is -0.483. The lowest BCUT2D eigenvalue weighted by Crippen LogP contribution is -2.46. The topological polar surface area (TPSA) is 99.4 Å². The first-order valence-electron chi connectivity index (χ1n) is 8.06. The summed E-state index contributed by atoms with van der Waals surface area (Å²) in [5, 5.41) is 20.2. The Bertz CT molecular complexity index is 812. The van der Waals surface area contributed by atoms with Crippen molar-refractivity contribution in [2.24, 2.45) is 0 Å². The van der Waals surface area contributed by atoms with Crippen LogP contribution in [0.2, 0.25) is 0 Å². The molecular weight excluding hydrogens is 322 g/mol. The normalized spacial score (nSPS) is 15.2. The second-order valence-corrected chi connectivity index (χ2v) is 6.08. The fourth-order valence-electron chi connectivity index (χ4n) is 2.95. The van der Waals surface area contributed by atoms with E-state index in [1.165, 1.54) is 12.1 Å². The molecule has 2 heterocycles. The number of nitro benzene ring substituents is 1. The zero-order valence-electron chi connectivity index (χ0n) is 14.2. The highest BCUT2D eigenvalue weighted by Gasteiger charge is 2.22. The van der Waals surface area contributed by atoms with E-state index in [0.29, 0.717) is 12.1 Å². The Labute approximate surface area is 145 Å². The van der Waals surface area contributed by atoms with Gasteiger partial charge in [-0.3, -0.25) is 15.0 Å². The van der Waals surface area contributed by atoms with Gasteiger partial charge in [-0.2, -0.15) is 5.26 Å². The molecule has 130 valence electrons. The zero-order valence-corrected chi connectivity index (χ0v) is 14.2. The molecule has 0 amide bonds. The van der Waals surface area contributed by atoms with Crippen LogP contribution in [-0.2, 0) is 6.54 Å². The van der Waals surface area contributed by atoms with Crippen molar-refractivity contribution >= 4 is 11.4 Å². The third-order valence-electron chi connectivity index (χ3n) is 4.46. The minimum Gasteiger partial charge on any atom is -0.444 e. The van der Waals surface area contributed by atoms with Gasteiger partial charge in [0.2, 0.25) is 5.89 Å². The van der Waals surface area contributed by atoms with Crippen LogP contribution in [-0.4, -0.2) is 41.0 Å². The van der Waals surface area contributed by atoms with Crippen LogP contribution in [0.4, 0.5) is 11.4 Å². The Kier molecular flexibility index (Phi) is 4.67. The molecule has 8 nitrogen and oxygen atoms in total. The second-order valence-electron chi connectivity index (χ2n) is 6.08. The molecule has 0 unspecified atom stereocenters. The van der Waals surface area contributed by atoms with Gasteiger partial charge in [-0.1, -0.05) is 0 Å². The fourth-order valence-corrected chi connectivity index (χ4v) is 2.95. The van der Waals surface area contributed by atoms with Crippen LogP contribution in [0.3, 0.4) is 0 Å². The largest absolute Gasteiger partial charge is 0.444 e. The van der Waals surface area contributed by atoms with Crippen LogP contribution in [0, 0.1) is 35.3 Å². The predicted octanol–water partition coefficient (Wildman–Crippen LogP) is 2.39. The highest BCUT2D eigenvalue weighted by atomic mass is 16.6. The maximum absolute atomic E-state index is 10.9. The van der Waals surface area contributed by atoms with Gasteiger partial charge in [-0.25, -0.2) is 4.98 Å². The number of aryl methyl sites for hydroxylation is 2. The molecule has 1 aliphatic heterocycles. The Morgan fingerprint density at radius 2 is 2.04 bits per heavy atom. The summed E-state index contributed by atoms with van der Waals surface area (Å²) in [6.07, 6.45) is 0. The van der Waals surface area contributed by atoms with E-state index in [1.807, 2.05) is 13.8 Å². The van der Waals surface area contributed by atoms with Gasteiger partial charge in [0.1, 0.15) is 11.8 Å². The summed E-state index contributed by atoms with van der Waals surface area (Å²) in [4.78, 5) is 19.1. The number of anilines is 1. The molecule has 2 aromatic rings. The molecular formula is C17H19N5O3. The number of hydrogen-bond donors (Lipinski definition) is 0. The Morgan fingerprint density at radius 1 is 1.32 bits per heavy atom. The quantitative estimate of drug-likeness (QED) is 0.622. The number of oxazole rings is 1. The van der Waals surface area contributed by atoms with Crippen molar-refractivity contribution in [1.82, 2.24) is 9.88 Å². The number of nitrogens with zero attached hydrogens (tertiary/aromatic N) is 5. The van der Waals surface area contributed by atoms with E-state index >= 15 is 0 Å². The van der Waals surface area contributed by atoms with Crippen LogP contribution < -0.4 is 4.90 Å². The number of nitro groups is 1. The lowest BCUT2D eigenvalue weighted by atomic mass is 10.1. The molecule has 3 rings (SSSR count). The number of benzene rings is 1. The van der Waals surface area contributed by atoms with Gasteiger partial charge in [0.25, 0.3) is 5.69 Å². The highest BCUT2D eigenvalue weighted by molar-refractivity contribution is 5.63. The highest BCUT2D eigenvalue weighted by Crippen LogP contribution is 2.26. The molecule has 1 saturated heterocycles. The molecule has 0 saturated carbocycles. The van der Waals surface area contributed by atoms with E-state index < -0.39 is 4.92 Å². The predicted molar refractivity (Wildman–Crippen MR) is 91.3 cm³/mol. The van der Waals surface area contributed by atoms with Crippen molar-refractivity contribution in [2.75, 3.05) is 31.1 Å². The summed E-state index contributed by atoms with van der Waals surface area (Å²) in [7, 11) is 0. The van der Waals surface area contributed by atoms with E-state index in [-0.39, 0.29) is 5.69 Å². The molecule has 1 fully saturated rings. The van der Waals surface area contributed by atoms with Crippen LogP contribution in [0.25, 0.3) is 0 Å². The lowest BCUT2D eigenvalue weighted by molar-refractivity contribution is -0.384. The summed E-state index contributed by atoms with van der Waals surface area (Å²) in [6.45, 7) is 7.59. The number of piperazine rings is 1. The molecule has 0 atom stereocenters. The minimum absolute atomic E-state index is 0.0615. The van der Waals surface area contributed by atoms with E-state index in [4.69, 9.17) is 4.42 Å². The number of non-ortho nitro benzene ring substituents is 1. The summed E-state index contributed by atoms with van der Waals surface area (Å²) < 4.78 is 5.63. The van der Waals surface area contributed by atoms with E-state index in [1.54, 1.807) is 6.07 Å². The van der Waals surface area contributed by atoms with Gasteiger partial charge >= 0.3 is 0 Å². The maximum Gasteiger partial charge on any atom is 0.270 e. The van der Waals surface area contributed by atoms with Gasteiger partial charge in [-0.15, -0.1) is 0 Å². The SMILES string of the molecule is Cc1nc(CN2CCN(c3ccc([N+](=O)[O-])cc3C#N)CC2)oc1C. The molecule has 0 bridgehead atoms. The Balaban J connectivity index is 1.66. The number of hydrogen-bond acceptors (Lipinski definition) is 7. The maximum atomic E-state index is 10.9. The number of nitriles is 1. The van der Waals surface area contributed by atoms with Crippen molar-refractivity contribution in [1.29, 1.82) is 5.26 Å². The molecule has 0 spiro atoms. The summed E-state index contributed by atoms with van der Waals surface area (Å²) >= 11 is 0. The molecule has 8 heteroatoms. The number of aromatic nitrogens is 1. The number of rotatable bonds is 4. The van der Waals surface area contributed by atoms with Crippen LogP contribution in [0.15, 0.2) is 22.6 Å². The van der Waals surface area contributed by atoms with Gasteiger partial charge in [0.05, 0.1) is 28.4 Å². The smallest absolute Gasteiger partial charge is 0.270 e. The monoisotopic (exact) mass is 341 g/mol. The summed E-state index contributed by atoms with van der Waals surface area (Å²) in [5.41, 5.74) is 1.93. The summed E-state index contributed by atoms with van der Waals surface area (Å²) in [6, 6.07) is 6.50. The molecule has 1 aromatic carbocycles. The summed E-state index contributed by atoms with van der Waals surface area (Å²) in [5.74, 6) is 1.56. The molecule has 1 aliphatic rings. The van der Waals surface area contributed by atoms with Crippen molar-refractivity contribution in [3.63, 3.8) is 0 Å². The van der Waals surface area contributed by atoms with E-state index in [2.05, 4.69) is 20.9 Å². The third kappa shape index (κ3) is 3.61. The fraction of sp³-hybridized carbons (Fsp3) is 0.412. The van der Waals surface area contributed by atoms with Crippen molar-refractivity contribution in [2.45, 2.75) is 20.4 Å². The first-order chi connectivity index (χ1) is 12.0.